The molecule has 0 spiro atoms. The first-order valence-corrected chi connectivity index (χ1v) is 7.63. The van der Waals surface area contributed by atoms with Gasteiger partial charge in [0.15, 0.2) is 0 Å². The van der Waals surface area contributed by atoms with Crippen LogP contribution in [0, 0.1) is 0 Å². The molecule has 0 unspecified atom stereocenters. The van der Waals surface area contributed by atoms with Crippen molar-refractivity contribution in [1.29, 1.82) is 0 Å². The predicted octanol–water partition coefficient (Wildman–Crippen LogP) is 0.565. The minimum Gasteiger partial charge on any atom is -0.390 e. The Labute approximate surface area is 101 Å². The Morgan fingerprint density at radius 1 is 0.941 bits per heavy atom. The van der Waals surface area contributed by atoms with E-state index in [4.69, 9.17) is 0 Å². The predicted molar refractivity (Wildman–Crippen MR) is 64.1 cm³/mol. The van der Waals surface area contributed by atoms with Gasteiger partial charge in [0.1, 0.15) is 12.0 Å². The number of hydrogen-bond acceptors (Lipinski definition) is 6. The monoisotopic (exact) mass is 282 g/mol. The number of rotatable bonds is 9. The van der Waals surface area contributed by atoms with Gasteiger partial charge in [-0.2, -0.15) is 16.8 Å². The Kier molecular flexibility index (Phi) is 6.78. The van der Waals surface area contributed by atoms with Crippen LogP contribution in [0.2, 0.25) is 0 Å². The standard InChI is InChI=1S/C9H14O6S2/c1-3-8-16(10,11)14-6-5-7-15-17(12,13)9-4-2/h3-6H,1-2,7-9H2. The van der Waals surface area contributed by atoms with E-state index < -0.39 is 20.2 Å². The summed E-state index contributed by atoms with van der Waals surface area (Å²) in [6, 6.07) is 0. The molecular formula is C9H14O6S2. The molecule has 0 aromatic rings. The fourth-order valence-electron chi connectivity index (χ4n) is 0.682. The molecule has 0 saturated heterocycles. The van der Waals surface area contributed by atoms with Gasteiger partial charge in [-0.15, -0.1) is 13.2 Å². The second kappa shape index (κ2) is 7.25. The Bertz CT molecular complexity index is 472. The quantitative estimate of drug-likeness (QED) is 0.349. The lowest BCUT2D eigenvalue weighted by Crippen LogP contribution is -2.09. The molecule has 0 amide bonds. The van der Waals surface area contributed by atoms with Crippen LogP contribution < -0.4 is 0 Å². The van der Waals surface area contributed by atoms with Gasteiger partial charge in [-0.3, -0.25) is 4.18 Å². The first-order chi connectivity index (χ1) is 7.83. The fraction of sp³-hybridized carbons (Fsp3) is 0.333. The largest absolute Gasteiger partial charge is 0.390 e. The maximum atomic E-state index is 11.0. The molecule has 0 aliphatic heterocycles. The molecule has 0 saturated carbocycles. The molecule has 0 bridgehead atoms. The number of hydrogen-bond donors (Lipinski definition) is 0. The molecule has 0 N–H and O–H groups in total. The maximum absolute atomic E-state index is 11.0. The third-order valence-corrected chi connectivity index (χ3v) is 3.47. The average molecular weight is 282 g/mol. The zero-order chi connectivity index (χ0) is 13.4. The lowest BCUT2D eigenvalue weighted by Gasteiger charge is -2.00. The second-order valence-electron chi connectivity index (χ2n) is 2.78. The zero-order valence-electron chi connectivity index (χ0n) is 9.11. The van der Waals surface area contributed by atoms with Gasteiger partial charge >= 0.3 is 10.1 Å². The Hall–Kier alpha value is -1.12. The van der Waals surface area contributed by atoms with Gasteiger partial charge in [0, 0.05) is 0 Å². The van der Waals surface area contributed by atoms with Crippen LogP contribution in [-0.4, -0.2) is 34.9 Å². The van der Waals surface area contributed by atoms with Crippen molar-refractivity contribution in [2.45, 2.75) is 0 Å². The van der Waals surface area contributed by atoms with Crippen LogP contribution in [-0.2, 0) is 28.6 Å². The van der Waals surface area contributed by atoms with Crippen molar-refractivity contribution in [3.05, 3.63) is 37.6 Å². The molecule has 0 atom stereocenters. The molecule has 0 fully saturated rings. The van der Waals surface area contributed by atoms with E-state index in [1.54, 1.807) is 0 Å². The summed E-state index contributed by atoms with van der Waals surface area (Å²) in [4.78, 5) is 0. The van der Waals surface area contributed by atoms with Crippen molar-refractivity contribution in [2.24, 2.45) is 0 Å². The van der Waals surface area contributed by atoms with Crippen LogP contribution in [0.15, 0.2) is 37.6 Å². The lowest BCUT2D eigenvalue weighted by atomic mass is 10.7. The summed E-state index contributed by atoms with van der Waals surface area (Å²) >= 11 is 0. The minimum absolute atomic E-state index is 0.306. The minimum atomic E-state index is -3.68. The van der Waals surface area contributed by atoms with Gasteiger partial charge in [0.25, 0.3) is 10.1 Å². The Morgan fingerprint density at radius 2 is 1.47 bits per heavy atom. The zero-order valence-corrected chi connectivity index (χ0v) is 10.7. The van der Waals surface area contributed by atoms with Crippen LogP contribution in [0.4, 0.5) is 0 Å². The summed E-state index contributed by atoms with van der Waals surface area (Å²) < 4.78 is 52.8. The summed E-state index contributed by atoms with van der Waals surface area (Å²) in [5, 5.41) is 0. The highest BCUT2D eigenvalue weighted by Crippen LogP contribution is 1.97. The van der Waals surface area contributed by atoms with Crippen LogP contribution >= 0.6 is 0 Å². The molecule has 0 heterocycles. The van der Waals surface area contributed by atoms with Crippen molar-refractivity contribution < 1.29 is 25.2 Å². The van der Waals surface area contributed by atoms with E-state index in [1.165, 1.54) is 12.2 Å². The molecule has 6 nitrogen and oxygen atoms in total. The molecule has 0 aromatic carbocycles. The second-order valence-corrected chi connectivity index (χ2v) is 6.10. The Balaban J connectivity index is 4.07. The molecule has 98 valence electrons. The average Bonchev–Trinajstić information content (AvgIpc) is 2.16. The summed E-state index contributed by atoms with van der Waals surface area (Å²) in [6.45, 7) is 6.19. The molecule has 0 aliphatic carbocycles. The molecule has 0 aliphatic rings. The highest BCUT2D eigenvalue weighted by molar-refractivity contribution is 7.87. The summed E-state index contributed by atoms with van der Waals surface area (Å²) in [7, 11) is -7.33. The SMILES string of the molecule is C=CCS(=O)(=O)OC=CCOS(=O)(=O)CC=C. The van der Waals surface area contributed by atoms with Crippen molar-refractivity contribution in [1.82, 2.24) is 0 Å². The van der Waals surface area contributed by atoms with Crippen LogP contribution in [0.25, 0.3) is 0 Å². The van der Waals surface area contributed by atoms with Crippen molar-refractivity contribution in [3.63, 3.8) is 0 Å². The Morgan fingerprint density at radius 3 is 2.00 bits per heavy atom. The van der Waals surface area contributed by atoms with E-state index in [0.717, 1.165) is 12.3 Å². The van der Waals surface area contributed by atoms with Gasteiger partial charge in [0.05, 0.1) is 12.4 Å². The van der Waals surface area contributed by atoms with Crippen LogP contribution in [0.3, 0.4) is 0 Å². The summed E-state index contributed by atoms with van der Waals surface area (Å²) in [6.07, 6.45) is 4.34. The van der Waals surface area contributed by atoms with E-state index in [9.17, 15) is 16.8 Å². The molecule has 17 heavy (non-hydrogen) atoms. The smallest absolute Gasteiger partial charge is 0.312 e. The molecule has 0 radical (unpaired) electrons. The highest BCUT2D eigenvalue weighted by Gasteiger charge is 2.07. The highest BCUT2D eigenvalue weighted by atomic mass is 32.2. The van der Waals surface area contributed by atoms with Gasteiger partial charge in [-0.05, 0) is 6.08 Å². The van der Waals surface area contributed by atoms with E-state index in [1.807, 2.05) is 0 Å². The van der Waals surface area contributed by atoms with E-state index in [2.05, 4.69) is 21.5 Å². The van der Waals surface area contributed by atoms with E-state index in [0.29, 0.717) is 0 Å². The third kappa shape index (κ3) is 8.66. The molecule has 0 aromatic heterocycles. The van der Waals surface area contributed by atoms with Gasteiger partial charge in [0.2, 0.25) is 0 Å². The van der Waals surface area contributed by atoms with E-state index in [-0.39, 0.29) is 18.1 Å². The topological polar surface area (TPSA) is 86.7 Å². The summed E-state index contributed by atoms with van der Waals surface area (Å²) in [5.74, 6) is -0.635. The summed E-state index contributed by atoms with van der Waals surface area (Å²) in [5.41, 5.74) is 0. The van der Waals surface area contributed by atoms with Crippen molar-refractivity contribution in [3.8, 4) is 0 Å². The molecular weight excluding hydrogens is 268 g/mol. The van der Waals surface area contributed by atoms with Crippen LogP contribution in [0.5, 0.6) is 0 Å². The lowest BCUT2D eigenvalue weighted by molar-refractivity contribution is 0.355. The normalized spacial score (nSPS) is 12.5. The van der Waals surface area contributed by atoms with Gasteiger partial charge in [-0.25, -0.2) is 0 Å². The van der Waals surface area contributed by atoms with Gasteiger partial charge < -0.3 is 4.18 Å². The molecule has 0 rings (SSSR count). The van der Waals surface area contributed by atoms with E-state index >= 15 is 0 Å². The third-order valence-electron chi connectivity index (χ3n) is 1.29. The maximum Gasteiger partial charge on any atom is 0.312 e. The fourth-order valence-corrected chi connectivity index (χ4v) is 1.97. The van der Waals surface area contributed by atoms with Crippen molar-refractivity contribution >= 4 is 20.2 Å². The first kappa shape index (κ1) is 15.9. The van der Waals surface area contributed by atoms with Gasteiger partial charge in [-0.1, -0.05) is 12.2 Å². The van der Waals surface area contributed by atoms with Crippen LogP contribution in [0.1, 0.15) is 0 Å². The van der Waals surface area contributed by atoms with Crippen molar-refractivity contribution in [2.75, 3.05) is 18.1 Å². The first-order valence-electron chi connectivity index (χ1n) is 4.48. The molecule has 8 heteroatoms.